The Bertz CT molecular complexity index is 508. The van der Waals surface area contributed by atoms with Crippen molar-refractivity contribution in [2.75, 3.05) is 5.73 Å². The molecule has 0 spiro atoms. The molecule has 0 saturated heterocycles. The summed E-state index contributed by atoms with van der Waals surface area (Å²) in [7, 11) is 0. The summed E-state index contributed by atoms with van der Waals surface area (Å²) in [6.07, 6.45) is 1.01. The van der Waals surface area contributed by atoms with E-state index in [1.165, 1.54) is 5.56 Å². The molecular weight excluding hydrogens is 250 g/mol. The summed E-state index contributed by atoms with van der Waals surface area (Å²) in [5.41, 5.74) is 8.13. The molecule has 0 amide bonds. The normalized spacial score (nSPS) is 10.5. The van der Waals surface area contributed by atoms with Crippen LogP contribution < -0.4 is 5.73 Å². The molecule has 0 atom stereocenters. The van der Waals surface area contributed by atoms with Gasteiger partial charge < -0.3 is 5.73 Å². The number of aryl methyl sites for hydroxylation is 1. The fourth-order valence-corrected chi connectivity index (χ4v) is 2.51. The number of hydrogen-bond acceptors (Lipinski definition) is 2. The second-order valence-corrected chi connectivity index (χ2v) is 5.33. The summed E-state index contributed by atoms with van der Waals surface area (Å²) in [5.74, 6) is 0. The summed E-state index contributed by atoms with van der Waals surface area (Å²) < 4.78 is 0. The molecule has 0 bridgehead atoms. The van der Waals surface area contributed by atoms with E-state index in [0.717, 1.165) is 26.9 Å². The molecule has 2 aromatic rings. The summed E-state index contributed by atoms with van der Waals surface area (Å²) >= 11 is 7.51. The number of anilines is 1. The van der Waals surface area contributed by atoms with Gasteiger partial charge in [-0.3, -0.25) is 0 Å². The topological polar surface area (TPSA) is 26.0 Å². The first-order valence-corrected chi connectivity index (χ1v) is 6.70. The summed E-state index contributed by atoms with van der Waals surface area (Å²) in [6, 6.07) is 14.0. The van der Waals surface area contributed by atoms with Crippen molar-refractivity contribution in [1.29, 1.82) is 0 Å². The molecule has 0 fully saturated rings. The third-order valence-corrected chi connectivity index (χ3v) is 3.88. The minimum Gasteiger partial charge on any atom is -0.398 e. The van der Waals surface area contributed by atoms with Crippen LogP contribution in [0.15, 0.2) is 52.3 Å². The Kier molecular flexibility index (Phi) is 3.97. The molecule has 0 aliphatic rings. The van der Waals surface area contributed by atoms with Crippen LogP contribution in [-0.2, 0) is 6.42 Å². The van der Waals surface area contributed by atoms with Crippen LogP contribution >= 0.6 is 23.4 Å². The zero-order chi connectivity index (χ0) is 12.3. The highest BCUT2D eigenvalue weighted by atomic mass is 35.5. The molecule has 2 aromatic carbocycles. The number of nitrogen functional groups attached to an aromatic ring is 1. The first-order valence-electron chi connectivity index (χ1n) is 5.51. The van der Waals surface area contributed by atoms with E-state index in [-0.39, 0.29) is 0 Å². The van der Waals surface area contributed by atoms with Crippen LogP contribution in [0.5, 0.6) is 0 Å². The lowest BCUT2D eigenvalue weighted by Crippen LogP contribution is -1.90. The maximum atomic E-state index is 6.03. The van der Waals surface area contributed by atoms with Crippen molar-refractivity contribution in [2.45, 2.75) is 23.1 Å². The van der Waals surface area contributed by atoms with Gasteiger partial charge in [-0.15, -0.1) is 0 Å². The highest BCUT2D eigenvalue weighted by molar-refractivity contribution is 7.99. The molecule has 0 unspecified atom stereocenters. The number of hydrogen-bond donors (Lipinski definition) is 1. The standard InChI is InChI=1S/C14H14ClNS/c1-2-10-3-8-14(13(16)9-10)17-12-6-4-11(15)5-7-12/h3-9H,2,16H2,1H3. The molecule has 0 heterocycles. The first kappa shape index (κ1) is 12.3. The minimum atomic E-state index is 0.753. The predicted octanol–water partition coefficient (Wildman–Crippen LogP) is 4.64. The van der Waals surface area contributed by atoms with Gasteiger partial charge in [-0.05, 0) is 48.4 Å². The largest absolute Gasteiger partial charge is 0.398 e. The summed E-state index contributed by atoms with van der Waals surface area (Å²) in [6.45, 7) is 2.13. The third-order valence-electron chi connectivity index (χ3n) is 2.52. The molecule has 1 nitrogen and oxygen atoms in total. The minimum absolute atomic E-state index is 0.753. The quantitative estimate of drug-likeness (QED) is 0.817. The molecule has 17 heavy (non-hydrogen) atoms. The van der Waals surface area contributed by atoms with E-state index < -0.39 is 0 Å². The van der Waals surface area contributed by atoms with Gasteiger partial charge in [0.2, 0.25) is 0 Å². The molecule has 2 rings (SSSR count). The van der Waals surface area contributed by atoms with Crippen molar-refractivity contribution in [3.63, 3.8) is 0 Å². The Morgan fingerprint density at radius 1 is 1.12 bits per heavy atom. The Morgan fingerprint density at radius 2 is 1.82 bits per heavy atom. The van der Waals surface area contributed by atoms with Crippen LogP contribution in [0, 0.1) is 0 Å². The van der Waals surface area contributed by atoms with Gasteiger partial charge in [-0.2, -0.15) is 0 Å². The van der Waals surface area contributed by atoms with Crippen LogP contribution in [0.25, 0.3) is 0 Å². The van der Waals surface area contributed by atoms with Crippen LogP contribution in [-0.4, -0.2) is 0 Å². The Labute approximate surface area is 111 Å². The van der Waals surface area contributed by atoms with Crippen LogP contribution in [0.3, 0.4) is 0 Å². The van der Waals surface area contributed by atoms with Crippen LogP contribution in [0.4, 0.5) is 5.69 Å². The molecule has 0 radical (unpaired) electrons. The molecule has 0 aliphatic carbocycles. The van der Waals surface area contributed by atoms with Crippen molar-refractivity contribution in [3.8, 4) is 0 Å². The fraction of sp³-hybridized carbons (Fsp3) is 0.143. The van der Waals surface area contributed by atoms with Gasteiger partial charge in [-0.25, -0.2) is 0 Å². The van der Waals surface area contributed by atoms with Crippen molar-refractivity contribution in [2.24, 2.45) is 0 Å². The predicted molar refractivity (Wildman–Crippen MR) is 75.8 cm³/mol. The summed E-state index contributed by atoms with van der Waals surface area (Å²) in [5, 5.41) is 0.753. The highest BCUT2D eigenvalue weighted by Crippen LogP contribution is 2.33. The number of halogens is 1. The van der Waals surface area contributed by atoms with Gasteiger partial charge in [0.05, 0.1) is 0 Å². The average molecular weight is 264 g/mol. The van der Waals surface area contributed by atoms with Crippen molar-refractivity contribution in [1.82, 2.24) is 0 Å². The van der Waals surface area contributed by atoms with Gasteiger partial charge in [-0.1, -0.05) is 36.4 Å². The maximum absolute atomic E-state index is 6.03. The third kappa shape index (κ3) is 3.18. The molecule has 0 aliphatic heterocycles. The SMILES string of the molecule is CCc1ccc(Sc2ccc(Cl)cc2)c(N)c1. The van der Waals surface area contributed by atoms with Crippen LogP contribution in [0.1, 0.15) is 12.5 Å². The smallest absolute Gasteiger partial charge is 0.0458 e. The molecule has 0 aromatic heterocycles. The lowest BCUT2D eigenvalue weighted by Gasteiger charge is -2.07. The average Bonchev–Trinajstić information content (AvgIpc) is 2.34. The van der Waals surface area contributed by atoms with E-state index in [0.29, 0.717) is 0 Å². The fourth-order valence-electron chi connectivity index (χ4n) is 1.54. The Balaban J connectivity index is 2.21. The Morgan fingerprint density at radius 3 is 2.41 bits per heavy atom. The van der Waals surface area contributed by atoms with Crippen molar-refractivity contribution >= 4 is 29.1 Å². The van der Waals surface area contributed by atoms with Gasteiger partial charge in [0.1, 0.15) is 0 Å². The second kappa shape index (κ2) is 5.48. The molecule has 3 heteroatoms. The molecular formula is C14H14ClNS. The molecule has 88 valence electrons. The van der Waals surface area contributed by atoms with E-state index in [2.05, 4.69) is 19.1 Å². The number of nitrogens with two attached hydrogens (primary N) is 1. The van der Waals surface area contributed by atoms with Gasteiger partial charge >= 0.3 is 0 Å². The highest BCUT2D eigenvalue weighted by Gasteiger charge is 2.02. The zero-order valence-corrected chi connectivity index (χ0v) is 11.2. The van der Waals surface area contributed by atoms with Gasteiger partial charge in [0.15, 0.2) is 0 Å². The van der Waals surface area contributed by atoms with E-state index in [4.69, 9.17) is 17.3 Å². The number of rotatable bonds is 3. The lowest BCUT2D eigenvalue weighted by molar-refractivity contribution is 1.13. The van der Waals surface area contributed by atoms with Crippen molar-refractivity contribution in [3.05, 3.63) is 53.1 Å². The molecule has 2 N–H and O–H groups in total. The second-order valence-electron chi connectivity index (χ2n) is 3.78. The van der Waals surface area contributed by atoms with Gasteiger partial charge in [0.25, 0.3) is 0 Å². The van der Waals surface area contributed by atoms with Crippen molar-refractivity contribution < 1.29 is 0 Å². The van der Waals surface area contributed by atoms with E-state index in [9.17, 15) is 0 Å². The van der Waals surface area contributed by atoms with E-state index in [1.807, 2.05) is 30.3 Å². The maximum Gasteiger partial charge on any atom is 0.0458 e. The van der Waals surface area contributed by atoms with Crippen LogP contribution in [0.2, 0.25) is 5.02 Å². The zero-order valence-electron chi connectivity index (χ0n) is 9.61. The van der Waals surface area contributed by atoms with Gasteiger partial charge in [0, 0.05) is 20.5 Å². The first-order chi connectivity index (χ1) is 8.19. The number of benzene rings is 2. The van der Waals surface area contributed by atoms with E-state index in [1.54, 1.807) is 11.8 Å². The van der Waals surface area contributed by atoms with E-state index >= 15 is 0 Å². The summed E-state index contributed by atoms with van der Waals surface area (Å²) in [4.78, 5) is 2.23. The lowest BCUT2D eigenvalue weighted by atomic mass is 10.1. The molecule has 0 saturated carbocycles. The Hall–Kier alpha value is -1.12. The monoisotopic (exact) mass is 263 g/mol.